The van der Waals surface area contributed by atoms with Crippen LogP contribution in [-0.2, 0) is 5.41 Å². The van der Waals surface area contributed by atoms with Gasteiger partial charge in [0.05, 0.1) is 0 Å². The van der Waals surface area contributed by atoms with Gasteiger partial charge in [-0.05, 0) is 64.8 Å². The van der Waals surface area contributed by atoms with E-state index < -0.39 is 0 Å². The van der Waals surface area contributed by atoms with Gasteiger partial charge in [0, 0.05) is 22.9 Å². The normalized spacial score (nSPS) is 33.0. The van der Waals surface area contributed by atoms with Crippen LogP contribution >= 0.6 is 0 Å². The zero-order valence-electron chi connectivity index (χ0n) is 13.7. The Morgan fingerprint density at radius 2 is 1.90 bits per heavy atom. The lowest BCUT2D eigenvalue weighted by atomic mass is 9.58. The molecule has 1 heterocycles. The zero-order valence-corrected chi connectivity index (χ0v) is 13.7. The van der Waals surface area contributed by atoms with Crippen molar-refractivity contribution in [1.29, 1.82) is 0 Å². The molecule has 1 aliphatic carbocycles. The summed E-state index contributed by atoms with van der Waals surface area (Å²) in [4.78, 5) is 2.46. The molecule has 114 valence electrons. The van der Waals surface area contributed by atoms with E-state index in [1.807, 2.05) is 13.0 Å². The number of rotatable bonds is 1. The molecule has 3 atom stereocenters. The van der Waals surface area contributed by atoms with Gasteiger partial charge < -0.3 is 10.0 Å². The zero-order chi connectivity index (χ0) is 15.2. The predicted octanol–water partition coefficient (Wildman–Crippen LogP) is 3.94. The van der Waals surface area contributed by atoms with Crippen molar-refractivity contribution in [3.05, 3.63) is 41.0 Å². The first-order valence-corrected chi connectivity index (χ1v) is 8.14. The average molecular weight is 285 g/mol. The molecular weight excluding hydrogens is 258 g/mol. The van der Waals surface area contributed by atoms with Crippen molar-refractivity contribution in [2.75, 3.05) is 13.6 Å². The largest absolute Gasteiger partial charge is 0.507 e. The molecule has 2 heteroatoms. The smallest absolute Gasteiger partial charge is 0.122 e. The van der Waals surface area contributed by atoms with Gasteiger partial charge in [0.1, 0.15) is 5.75 Å². The Labute approximate surface area is 128 Å². The Balaban J connectivity index is 2.19. The number of aryl methyl sites for hydroxylation is 2. The topological polar surface area (TPSA) is 23.5 Å². The molecule has 21 heavy (non-hydrogen) atoms. The molecule has 0 radical (unpaired) electrons. The van der Waals surface area contributed by atoms with Crippen molar-refractivity contribution in [2.24, 2.45) is 5.92 Å². The van der Waals surface area contributed by atoms with E-state index in [4.69, 9.17) is 0 Å². The fraction of sp³-hybridized carbons (Fsp3) is 0.579. The SMILES string of the molecule is Cc1ccc(C)c([C@@]23CCC=C[C@H]2[C@@H](C)N(C)CC3)c1O. The molecule has 0 saturated carbocycles. The van der Waals surface area contributed by atoms with Gasteiger partial charge >= 0.3 is 0 Å². The summed E-state index contributed by atoms with van der Waals surface area (Å²) in [5, 5.41) is 10.8. The Bertz CT molecular complexity index is 577. The number of hydrogen-bond donors (Lipinski definition) is 1. The van der Waals surface area contributed by atoms with Crippen LogP contribution in [0.3, 0.4) is 0 Å². The lowest BCUT2D eigenvalue weighted by molar-refractivity contribution is 0.0686. The van der Waals surface area contributed by atoms with Crippen molar-refractivity contribution < 1.29 is 5.11 Å². The molecule has 2 nitrogen and oxygen atoms in total. The van der Waals surface area contributed by atoms with Crippen LogP contribution in [0.2, 0.25) is 0 Å². The van der Waals surface area contributed by atoms with Gasteiger partial charge in [-0.1, -0.05) is 24.3 Å². The van der Waals surface area contributed by atoms with Crippen LogP contribution in [0.1, 0.15) is 42.9 Å². The highest BCUT2D eigenvalue weighted by atomic mass is 16.3. The number of phenols is 1. The van der Waals surface area contributed by atoms with Gasteiger partial charge in [0.2, 0.25) is 0 Å². The minimum atomic E-state index is 0.112. The summed E-state index contributed by atoms with van der Waals surface area (Å²) in [6.07, 6.45) is 8.16. The molecule has 0 unspecified atom stereocenters. The predicted molar refractivity (Wildman–Crippen MR) is 87.8 cm³/mol. The molecule has 1 aromatic rings. The molecule has 1 N–H and O–H groups in total. The van der Waals surface area contributed by atoms with E-state index in [9.17, 15) is 5.11 Å². The van der Waals surface area contributed by atoms with Gasteiger partial charge in [0.15, 0.2) is 0 Å². The van der Waals surface area contributed by atoms with Gasteiger partial charge in [-0.25, -0.2) is 0 Å². The van der Waals surface area contributed by atoms with E-state index >= 15 is 0 Å². The van der Waals surface area contributed by atoms with Crippen molar-refractivity contribution in [1.82, 2.24) is 4.90 Å². The molecular formula is C19H27NO. The first kappa shape index (κ1) is 14.6. The number of aromatic hydroxyl groups is 1. The number of allylic oxidation sites excluding steroid dienone is 1. The maximum atomic E-state index is 10.8. The molecule has 0 bridgehead atoms. The van der Waals surface area contributed by atoms with E-state index in [0.29, 0.717) is 17.7 Å². The van der Waals surface area contributed by atoms with Gasteiger partial charge in [-0.2, -0.15) is 0 Å². The third-order valence-electron chi connectivity index (χ3n) is 5.95. The number of likely N-dealkylation sites (tertiary alicyclic amines) is 1. The van der Waals surface area contributed by atoms with E-state index in [0.717, 1.165) is 31.4 Å². The second kappa shape index (κ2) is 5.17. The molecule has 1 saturated heterocycles. The third kappa shape index (κ3) is 2.12. The third-order valence-corrected chi connectivity index (χ3v) is 5.95. The van der Waals surface area contributed by atoms with Crippen LogP contribution in [0, 0.1) is 19.8 Å². The van der Waals surface area contributed by atoms with Crippen LogP contribution in [0.25, 0.3) is 0 Å². The summed E-state index contributed by atoms with van der Waals surface area (Å²) in [6, 6.07) is 4.74. The fourth-order valence-electron chi connectivity index (χ4n) is 4.54. The Morgan fingerprint density at radius 1 is 1.19 bits per heavy atom. The van der Waals surface area contributed by atoms with Gasteiger partial charge in [-0.15, -0.1) is 0 Å². The highest BCUT2D eigenvalue weighted by molar-refractivity contribution is 5.51. The lowest BCUT2D eigenvalue weighted by Gasteiger charge is -2.52. The summed E-state index contributed by atoms with van der Waals surface area (Å²) < 4.78 is 0. The maximum absolute atomic E-state index is 10.8. The minimum Gasteiger partial charge on any atom is -0.507 e. The summed E-state index contributed by atoms with van der Waals surface area (Å²) >= 11 is 0. The summed E-state index contributed by atoms with van der Waals surface area (Å²) in [5.41, 5.74) is 3.58. The van der Waals surface area contributed by atoms with Crippen LogP contribution in [-0.4, -0.2) is 29.6 Å². The average Bonchev–Trinajstić information content (AvgIpc) is 2.48. The number of nitrogens with zero attached hydrogens (tertiary/aromatic N) is 1. The monoisotopic (exact) mass is 285 g/mol. The molecule has 0 aromatic heterocycles. The first-order chi connectivity index (χ1) is 9.97. The number of piperidine rings is 1. The molecule has 1 aliphatic heterocycles. The van der Waals surface area contributed by atoms with Gasteiger partial charge in [0.25, 0.3) is 0 Å². The fourth-order valence-corrected chi connectivity index (χ4v) is 4.54. The molecule has 2 aliphatic rings. The summed E-state index contributed by atoms with van der Waals surface area (Å²) in [5.74, 6) is 1.03. The molecule has 1 fully saturated rings. The standard InChI is InChI=1S/C19H27NO/c1-13-8-9-14(2)18(21)17(13)19-10-6-5-7-16(19)15(3)20(4)12-11-19/h5,7-9,15-16,21H,6,10-12H2,1-4H3/t15-,16+,19-/m1/s1. The minimum absolute atomic E-state index is 0.112. The summed E-state index contributed by atoms with van der Waals surface area (Å²) in [6.45, 7) is 7.61. The van der Waals surface area contributed by atoms with E-state index in [-0.39, 0.29) is 5.41 Å². The number of fused-ring (bicyclic) bond motifs is 1. The Morgan fingerprint density at radius 3 is 2.67 bits per heavy atom. The van der Waals surface area contributed by atoms with E-state index in [2.05, 4.69) is 44.0 Å². The molecule has 0 spiro atoms. The first-order valence-electron chi connectivity index (χ1n) is 8.14. The number of benzene rings is 1. The maximum Gasteiger partial charge on any atom is 0.122 e. The highest BCUT2D eigenvalue weighted by Gasteiger charge is 2.48. The van der Waals surface area contributed by atoms with Crippen molar-refractivity contribution in [3.8, 4) is 5.75 Å². The highest BCUT2D eigenvalue weighted by Crippen LogP contribution is 2.52. The van der Waals surface area contributed by atoms with Crippen LogP contribution in [0.5, 0.6) is 5.75 Å². The van der Waals surface area contributed by atoms with Crippen LogP contribution in [0.4, 0.5) is 0 Å². The van der Waals surface area contributed by atoms with E-state index in [1.165, 1.54) is 11.1 Å². The summed E-state index contributed by atoms with van der Waals surface area (Å²) in [7, 11) is 2.22. The molecule has 3 rings (SSSR count). The lowest BCUT2D eigenvalue weighted by Crippen LogP contribution is -2.54. The van der Waals surface area contributed by atoms with Crippen molar-refractivity contribution in [2.45, 2.75) is 51.5 Å². The van der Waals surface area contributed by atoms with Gasteiger partial charge in [-0.3, -0.25) is 0 Å². The quantitative estimate of drug-likeness (QED) is 0.790. The Hall–Kier alpha value is -1.28. The Kier molecular flexibility index (Phi) is 3.61. The van der Waals surface area contributed by atoms with Crippen molar-refractivity contribution >= 4 is 0 Å². The van der Waals surface area contributed by atoms with Crippen LogP contribution < -0.4 is 0 Å². The number of hydrogen-bond acceptors (Lipinski definition) is 2. The molecule has 0 amide bonds. The number of phenolic OH excluding ortho intramolecular Hbond substituents is 1. The second-order valence-corrected chi connectivity index (χ2v) is 7.04. The second-order valence-electron chi connectivity index (χ2n) is 7.04. The van der Waals surface area contributed by atoms with E-state index in [1.54, 1.807) is 0 Å². The van der Waals surface area contributed by atoms with Crippen molar-refractivity contribution in [3.63, 3.8) is 0 Å². The van der Waals surface area contributed by atoms with Crippen LogP contribution in [0.15, 0.2) is 24.3 Å². The molecule has 1 aromatic carbocycles.